The summed E-state index contributed by atoms with van der Waals surface area (Å²) in [6, 6.07) is 14.8. The van der Waals surface area contributed by atoms with Crippen molar-refractivity contribution in [1.82, 2.24) is 4.74 Å². The number of fused-ring (bicyclic) bond motifs is 1. The van der Waals surface area contributed by atoms with Gasteiger partial charge in [0.15, 0.2) is 18.1 Å². The fourth-order valence-corrected chi connectivity index (χ4v) is 5.09. The van der Waals surface area contributed by atoms with Crippen molar-refractivity contribution in [2.24, 2.45) is 0 Å². The molecule has 0 saturated heterocycles. The minimum atomic E-state index is -0.394. The summed E-state index contributed by atoms with van der Waals surface area (Å²) in [6.45, 7) is 0.154. The van der Waals surface area contributed by atoms with Crippen molar-refractivity contribution in [2.75, 3.05) is 14.2 Å². The van der Waals surface area contributed by atoms with Crippen LogP contribution in [0.5, 0.6) is 17.2 Å². The monoisotopic (exact) mass is 575 g/mol. The SMILES string of the molecule is COCn1oc2cc(COc3ccc(C(=O)c4ccc(OC5CCCC5)cc4O)cc3CCC(=O)OC)ccc2c1=O. The molecule has 220 valence electrons. The van der Waals surface area contributed by atoms with Crippen molar-refractivity contribution in [3.8, 4) is 17.2 Å². The van der Waals surface area contributed by atoms with E-state index in [0.717, 1.165) is 36.0 Å². The third-order valence-corrected chi connectivity index (χ3v) is 7.32. The molecule has 1 N–H and O–H groups in total. The van der Waals surface area contributed by atoms with Crippen LogP contribution in [0.1, 0.15) is 59.2 Å². The van der Waals surface area contributed by atoms with Crippen molar-refractivity contribution in [3.63, 3.8) is 0 Å². The molecule has 5 rings (SSSR count). The zero-order valence-electron chi connectivity index (χ0n) is 23.6. The van der Waals surface area contributed by atoms with Crippen LogP contribution in [-0.4, -0.2) is 41.9 Å². The number of aryl methyl sites for hydroxylation is 1. The second kappa shape index (κ2) is 12.9. The van der Waals surface area contributed by atoms with E-state index in [1.807, 2.05) is 0 Å². The van der Waals surface area contributed by atoms with Crippen molar-refractivity contribution in [1.29, 1.82) is 0 Å². The number of rotatable bonds is 12. The van der Waals surface area contributed by atoms with E-state index < -0.39 is 5.97 Å². The molecule has 0 amide bonds. The zero-order chi connectivity index (χ0) is 29.6. The molecular formula is C32H33NO9. The first-order valence-corrected chi connectivity index (χ1v) is 13.8. The molecule has 0 radical (unpaired) electrons. The van der Waals surface area contributed by atoms with Crippen LogP contribution >= 0.6 is 0 Å². The van der Waals surface area contributed by atoms with Gasteiger partial charge in [0.25, 0.3) is 5.56 Å². The number of hydrogen-bond acceptors (Lipinski definition) is 9. The molecule has 0 atom stereocenters. The quantitative estimate of drug-likeness (QED) is 0.180. The molecule has 1 aliphatic rings. The smallest absolute Gasteiger partial charge is 0.305 e. The van der Waals surface area contributed by atoms with Gasteiger partial charge in [0, 0.05) is 25.2 Å². The Labute approximate surface area is 242 Å². The van der Waals surface area contributed by atoms with Crippen LogP contribution in [0.4, 0.5) is 0 Å². The Morgan fingerprint density at radius 3 is 2.57 bits per heavy atom. The van der Waals surface area contributed by atoms with Gasteiger partial charge in [0.2, 0.25) is 0 Å². The molecule has 3 aromatic carbocycles. The predicted molar refractivity (Wildman–Crippen MR) is 153 cm³/mol. The minimum absolute atomic E-state index is 0.00410. The van der Waals surface area contributed by atoms with E-state index in [-0.39, 0.29) is 54.9 Å². The van der Waals surface area contributed by atoms with Gasteiger partial charge in [-0.2, -0.15) is 0 Å². The van der Waals surface area contributed by atoms with E-state index in [4.69, 9.17) is 23.5 Å². The maximum absolute atomic E-state index is 13.4. The second-order valence-corrected chi connectivity index (χ2v) is 10.2. The van der Waals surface area contributed by atoms with Crippen LogP contribution in [0.2, 0.25) is 0 Å². The summed E-state index contributed by atoms with van der Waals surface area (Å²) in [5, 5.41) is 11.1. The van der Waals surface area contributed by atoms with Crippen LogP contribution in [-0.2, 0) is 34.0 Å². The first-order chi connectivity index (χ1) is 20.4. The van der Waals surface area contributed by atoms with E-state index in [9.17, 15) is 19.5 Å². The molecule has 42 heavy (non-hydrogen) atoms. The van der Waals surface area contributed by atoms with E-state index in [0.29, 0.717) is 33.6 Å². The van der Waals surface area contributed by atoms with E-state index in [1.54, 1.807) is 48.5 Å². The van der Waals surface area contributed by atoms with Crippen molar-refractivity contribution < 1.29 is 38.2 Å². The highest BCUT2D eigenvalue weighted by molar-refractivity contribution is 6.11. The molecule has 1 aromatic heterocycles. The number of phenols is 1. The van der Waals surface area contributed by atoms with E-state index in [1.165, 1.54) is 20.3 Å². The number of hydrogen-bond donors (Lipinski definition) is 1. The lowest BCUT2D eigenvalue weighted by molar-refractivity contribution is -0.140. The largest absolute Gasteiger partial charge is 0.507 e. The van der Waals surface area contributed by atoms with Crippen LogP contribution in [0, 0.1) is 0 Å². The van der Waals surface area contributed by atoms with E-state index >= 15 is 0 Å². The molecule has 1 saturated carbocycles. The van der Waals surface area contributed by atoms with Gasteiger partial charge in [-0.25, -0.2) is 0 Å². The standard InChI is InChI=1S/C32H33NO9/c1-38-19-33-32(37)26-11-7-20(15-29(26)42-33)18-40-28-13-8-22(16-21(28)9-14-30(35)39-2)31(36)25-12-10-24(17-27(25)34)41-23-5-3-4-6-23/h7-8,10-13,15-17,23,34H,3-6,9,14,18-19H2,1-2H3. The lowest BCUT2D eigenvalue weighted by Gasteiger charge is -2.15. The first-order valence-electron chi connectivity index (χ1n) is 13.8. The van der Waals surface area contributed by atoms with Gasteiger partial charge in [-0.3, -0.25) is 14.4 Å². The van der Waals surface area contributed by atoms with Crippen LogP contribution in [0.15, 0.2) is 63.9 Å². The Balaban J connectivity index is 1.35. The maximum atomic E-state index is 13.4. The Morgan fingerprint density at radius 2 is 1.83 bits per heavy atom. The minimum Gasteiger partial charge on any atom is -0.507 e. The fourth-order valence-electron chi connectivity index (χ4n) is 5.09. The highest BCUT2D eigenvalue weighted by Crippen LogP contribution is 2.31. The third kappa shape index (κ3) is 6.49. The molecule has 1 fully saturated rings. The lowest BCUT2D eigenvalue weighted by Crippen LogP contribution is -2.14. The summed E-state index contributed by atoms with van der Waals surface area (Å²) in [6.07, 6.45) is 4.72. The van der Waals surface area contributed by atoms with Gasteiger partial charge in [-0.15, -0.1) is 4.74 Å². The van der Waals surface area contributed by atoms with Gasteiger partial charge >= 0.3 is 5.97 Å². The van der Waals surface area contributed by atoms with Crippen molar-refractivity contribution in [3.05, 3.63) is 87.2 Å². The molecule has 0 bridgehead atoms. The second-order valence-electron chi connectivity index (χ2n) is 10.2. The summed E-state index contributed by atoms with van der Waals surface area (Å²) in [5.74, 6) is 0.0963. The molecule has 0 spiro atoms. The first kappa shape index (κ1) is 28.9. The number of ketones is 1. The Kier molecular flexibility index (Phi) is 8.92. The molecule has 10 heteroatoms. The Hall–Kier alpha value is -4.57. The summed E-state index contributed by atoms with van der Waals surface area (Å²) in [4.78, 5) is 37.6. The molecule has 4 aromatic rings. The van der Waals surface area contributed by atoms with Crippen LogP contribution < -0.4 is 15.0 Å². The number of carbonyl (C=O) groups excluding carboxylic acids is 2. The van der Waals surface area contributed by atoms with Gasteiger partial charge in [0.05, 0.1) is 24.2 Å². The average Bonchev–Trinajstić information content (AvgIpc) is 3.62. The van der Waals surface area contributed by atoms with Gasteiger partial charge in [-0.05, 0) is 85.7 Å². The normalized spacial score (nSPS) is 13.4. The number of benzene rings is 3. The van der Waals surface area contributed by atoms with Crippen LogP contribution in [0.3, 0.4) is 0 Å². The highest BCUT2D eigenvalue weighted by Gasteiger charge is 2.20. The predicted octanol–water partition coefficient (Wildman–Crippen LogP) is 5.14. The summed E-state index contributed by atoms with van der Waals surface area (Å²) in [5.41, 5.74) is 1.99. The number of esters is 1. The average molecular weight is 576 g/mol. The summed E-state index contributed by atoms with van der Waals surface area (Å²) < 4.78 is 28.5. The summed E-state index contributed by atoms with van der Waals surface area (Å²) in [7, 11) is 2.79. The number of carbonyl (C=O) groups is 2. The Morgan fingerprint density at radius 1 is 1.02 bits per heavy atom. The number of phenolic OH excluding ortho intramolecular Hbond substituents is 1. The zero-order valence-corrected chi connectivity index (χ0v) is 23.6. The number of nitrogens with zero attached hydrogens (tertiary/aromatic N) is 1. The van der Waals surface area contributed by atoms with Crippen molar-refractivity contribution >= 4 is 22.7 Å². The maximum Gasteiger partial charge on any atom is 0.305 e. The van der Waals surface area contributed by atoms with Gasteiger partial charge in [0.1, 0.15) is 23.9 Å². The molecule has 0 unspecified atom stereocenters. The summed E-state index contributed by atoms with van der Waals surface area (Å²) >= 11 is 0. The number of ether oxygens (including phenoxy) is 4. The fraction of sp³-hybridized carbons (Fsp3) is 0.344. The molecule has 1 aliphatic carbocycles. The highest BCUT2D eigenvalue weighted by atomic mass is 16.6. The molecular weight excluding hydrogens is 542 g/mol. The molecule has 1 heterocycles. The molecule has 0 aliphatic heterocycles. The number of aromatic hydroxyl groups is 1. The van der Waals surface area contributed by atoms with Crippen LogP contribution in [0.25, 0.3) is 11.0 Å². The lowest BCUT2D eigenvalue weighted by atomic mass is 9.98. The number of aromatic nitrogens is 1. The molecule has 10 nitrogen and oxygen atoms in total. The third-order valence-electron chi connectivity index (χ3n) is 7.32. The van der Waals surface area contributed by atoms with Crippen molar-refractivity contribution in [2.45, 2.75) is 58.0 Å². The topological polar surface area (TPSA) is 126 Å². The number of methoxy groups -OCH3 is 2. The van der Waals surface area contributed by atoms with Gasteiger partial charge in [-0.1, -0.05) is 6.07 Å². The van der Waals surface area contributed by atoms with E-state index in [2.05, 4.69) is 0 Å². The van der Waals surface area contributed by atoms with Gasteiger partial charge < -0.3 is 28.6 Å². The Bertz CT molecular complexity index is 1650.